The molecule has 3 rings (SSSR count). The van der Waals surface area contributed by atoms with Crippen LogP contribution in [-0.2, 0) is 14.3 Å². The largest absolute Gasteiger partial charge is 0.459 e. The lowest BCUT2D eigenvalue weighted by atomic mass is 9.98. The van der Waals surface area contributed by atoms with E-state index in [0.717, 1.165) is 25.7 Å². The van der Waals surface area contributed by atoms with Crippen molar-refractivity contribution in [3.05, 3.63) is 29.8 Å². The molecule has 1 aromatic carbocycles. The maximum atomic E-state index is 12.1. The number of anilines is 1. The van der Waals surface area contributed by atoms with Gasteiger partial charge in [0.25, 0.3) is 0 Å². The summed E-state index contributed by atoms with van der Waals surface area (Å²) < 4.78 is 5.52. The fraction of sp³-hybridized carbons (Fsp3) is 0.500. The summed E-state index contributed by atoms with van der Waals surface area (Å²) in [5.74, 6) is -0.655. The molecule has 1 unspecified atom stereocenters. The van der Waals surface area contributed by atoms with Crippen LogP contribution in [0.2, 0.25) is 0 Å². The Bertz CT molecular complexity index is 620. The second-order valence-electron chi connectivity index (χ2n) is 6.39. The fourth-order valence-electron chi connectivity index (χ4n) is 3.13. The van der Waals surface area contributed by atoms with Crippen LogP contribution in [0.25, 0.3) is 0 Å². The molecule has 1 aromatic rings. The van der Waals surface area contributed by atoms with Crippen molar-refractivity contribution in [3.63, 3.8) is 0 Å². The van der Waals surface area contributed by atoms with Crippen molar-refractivity contribution in [3.8, 4) is 0 Å². The summed E-state index contributed by atoms with van der Waals surface area (Å²) in [7, 11) is 0. The average molecular weight is 330 g/mol. The monoisotopic (exact) mass is 330 g/mol. The van der Waals surface area contributed by atoms with Gasteiger partial charge in [0, 0.05) is 12.1 Å². The van der Waals surface area contributed by atoms with Crippen LogP contribution < -0.4 is 10.6 Å². The zero-order valence-corrected chi connectivity index (χ0v) is 13.5. The van der Waals surface area contributed by atoms with Crippen LogP contribution in [0.4, 0.5) is 5.69 Å². The standard InChI is InChI=1S/C18H22N2O4/c21-16-11-10-15(20-16)17(22)19-13-8-6-12(7-9-13)18(23)24-14-4-2-1-3-5-14/h6-9,14-15H,1-5,10-11H2,(H,19,22)(H,20,21). The first kappa shape index (κ1) is 16.5. The lowest BCUT2D eigenvalue weighted by Crippen LogP contribution is -2.37. The van der Waals surface area contributed by atoms with E-state index >= 15 is 0 Å². The van der Waals surface area contributed by atoms with Gasteiger partial charge in [0.2, 0.25) is 11.8 Å². The minimum Gasteiger partial charge on any atom is -0.459 e. The number of esters is 1. The Kier molecular flexibility index (Phi) is 5.13. The van der Waals surface area contributed by atoms with Gasteiger partial charge in [0.05, 0.1) is 5.56 Å². The lowest BCUT2D eigenvalue weighted by Gasteiger charge is -2.21. The van der Waals surface area contributed by atoms with Gasteiger partial charge in [-0.3, -0.25) is 9.59 Å². The van der Waals surface area contributed by atoms with Crippen LogP contribution in [0.3, 0.4) is 0 Å². The number of hydrogen-bond donors (Lipinski definition) is 2. The Hall–Kier alpha value is -2.37. The van der Waals surface area contributed by atoms with Crippen molar-refractivity contribution < 1.29 is 19.1 Å². The molecular weight excluding hydrogens is 308 g/mol. The van der Waals surface area contributed by atoms with Gasteiger partial charge in [-0.05, 0) is 56.4 Å². The van der Waals surface area contributed by atoms with Crippen molar-refractivity contribution in [2.24, 2.45) is 0 Å². The third kappa shape index (κ3) is 4.13. The van der Waals surface area contributed by atoms with Crippen LogP contribution in [0, 0.1) is 0 Å². The van der Waals surface area contributed by atoms with Gasteiger partial charge >= 0.3 is 5.97 Å². The lowest BCUT2D eigenvalue weighted by molar-refractivity contribution is -0.122. The van der Waals surface area contributed by atoms with E-state index in [2.05, 4.69) is 10.6 Å². The molecule has 2 amide bonds. The molecule has 128 valence electrons. The molecular formula is C18H22N2O4. The third-order valence-corrected chi connectivity index (χ3v) is 4.53. The van der Waals surface area contributed by atoms with Gasteiger partial charge < -0.3 is 15.4 Å². The maximum absolute atomic E-state index is 12.1. The van der Waals surface area contributed by atoms with E-state index in [-0.39, 0.29) is 23.9 Å². The first-order chi connectivity index (χ1) is 11.6. The molecule has 1 saturated carbocycles. The molecule has 6 heteroatoms. The summed E-state index contributed by atoms with van der Waals surface area (Å²) in [5.41, 5.74) is 1.07. The average Bonchev–Trinajstić information content (AvgIpc) is 3.03. The summed E-state index contributed by atoms with van der Waals surface area (Å²) in [6.45, 7) is 0. The number of amides is 2. The van der Waals surface area contributed by atoms with E-state index in [0.29, 0.717) is 24.1 Å². The second-order valence-corrected chi connectivity index (χ2v) is 6.39. The SMILES string of the molecule is O=C1CCC(C(=O)Nc2ccc(C(=O)OC3CCCCC3)cc2)N1. The first-order valence-corrected chi connectivity index (χ1v) is 8.53. The maximum Gasteiger partial charge on any atom is 0.338 e. The van der Waals surface area contributed by atoms with Gasteiger partial charge in [-0.25, -0.2) is 4.79 Å². The number of rotatable bonds is 4. The highest BCUT2D eigenvalue weighted by Crippen LogP contribution is 2.22. The number of hydrogen-bond acceptors (Lipinski definition) is 4. The third-order valence-electron chi connectivity index (χ3n) is 4.53. The molecule has 1 saturated heterocycles. The number of carbonyl (C=O) groups is 3. The highest BCUT2D eigenvalue weighted by Gasteiger charge is 2.27. The highest BCUT2D eigenvalue weighted by molar-refractivity contribution is 5.99. The molecule has 0 spiro atoms. The molecule has 1 atom stereocenters. The summed E-state index contributed by atoms with van der Waals surface area (Å²) in [4.78, 5) is 35.3. The van der Waals surface area contributed by atoms with E-state index in [1.54, 1.807) is 24.3 Å². The van der Waals surface area contributed by atoms with Gasteiger partial charge in [-0.15, -0.1) is 0 Å². The molecule has 2 fully saturated rings. The van der Waals surface area contributed by atoms with Crippen molar-refractivity contribution in [1.29, 1.82) is 0 Å². The van der Waals surface area contributed by atoms with Crippen LogP contribution in [0.15, 0.2) is 24.3 Å². The predicted molar refractivity (Wildman–Crippen MR) is 88.5 cm³/mol. The molecule has 0 bridgehead atoms. The Morgan fingerprint density at radius 1 is 1.04 bits per heavy atom. The Morgan fingerprint density at radius 2 is 1.75 bits per heavy atom. The van der Waals surface area contributed by atoms with E-state index < -0.39 is 6.04 Å². The van der Waals surface area contributed by atoms with E-state index in [1.165, 1.54) is 6.42 Å². The highest BCUT2D eigenvalue weighted by atomic mass is 16.5. The molecule has 1 aliphatic heterocycles. The topological polar surface area (TPSA) is 84.5 Å². The van der Waals surface area contributed by atoms with Crippen LogP contribution in [0.5, 0.6) is 0 Å². The second kappa shape index (κ2) is 7.47. The van der Waals surface area contributed by atoms with Crippen LogP contribution >= 0.6 is 0 Å². The molecule has 1 aliphatic carbocycles. The summed E-state index contributed by atoms with van der Waals surface area (Å²) >= 11 is 0. The van der Waals surface area contributed by atoms with Gasteiger partial charge in [-0.1, -0.05) is 6.42 Å². The van der Waals surface area contributed by atoms with Gasteiger partial charge in [0.1, 0.15) is 12.1 Å². The predicted octanol–water partition coefficient (Wildman–Crippen LogP) is 2.39. The van der Waals surface area contributed by atoms with E-state index in [9.17, 15) is 14.4 Å². The van der Waals surface area contributed by atoms with Crippen molar-refractivity contribution >= 4 is 23.5 Å². The molecule has 0 aromatic heterocycles. The van der Waals surface area contributed by atoms with Crippen LogP contribution in [-0.4, -0.2) is 29.9 Å². The Balaban J connectivity index is 1.53. The minimum atomic E-state index is -0.478. The van der Waals surface area contributed by atoms with Crippen molar-refractivity contribution in [2.75, 3.05) is 5.32 Å². The molecule has 2 N–H and O–H groups in total. The summed E-state index contributed by atoms with van der Waals surface area (Å²) in [6.07, 6.45) is 6.22. The van der Waals surface area contributed by atoms with E-state index in [4.69, 9.17) is 4.74 Å². The molecule has 2 aliphatic rings. The Morgan fingerprint density at radius 3 is 2.38 bits per heavy atom. The fourth-order valence-corrected chi connectivity index (χ4v) is 3.13. The van der Waals surface area contributed by atoms with Crippen molar-refractivity contribution in [1.82, 2.24) is 5.32 Å². The number of benzene rings is 1. The quantitative estimate of drug-likeness (QED) is 0.830. The first-order valence-electron chi connectivity index (χ1n) is 8.53. The zero-order valence-electron chi connectivity index (χ0n) is 13.5. The summed E-state index contributed by atoms with van der Waals surface area (Å²) in [5, 5.41) is 5.37. The normalized spacial score (nSPS) is 21.2. The molecule has 0 radical (unpaired) electrons. The van der Waals surface area contributed by atoms with Gasteiger partial charge in [0.15, 0.2) is 0 Å². The molecule has 1 heterocycles. The summed E-state index contributed by atoms with van der Waals surface area (Å²) in [6, 6.07) is 6.16. The smallest absolute Gasteiger partial charge is 0.338 e. The number of carbonyl (C=O) groups excluding carboxylic acids is 3. The molecule has 24 heavy (non-hydrogen) atoms. The molecule has 6 nitrogen and oxygen atoms in total. The minimum absolute atomic E-state index is 0.0246. The Labute approximate surface area is 140 Å². The van der Waals surface area contributed by atoms with Crippen LogP contribution in [0.1, 0.15) is 55.3 Å². The zero-order chi connectivity index (χ0) is 16.9. The van der Waals surface area contributed by atoms with E-state index in [1.807, 2.05) is 0 Å². The van der Waals surface area contributed by atoms with Crippen molar-refractivity contribution in [2.45, 2.75) is 57.1 Å². The number of ether oxygens (including phenoxy) is 1. The number of nitrogens with one attached hydrogen (secondary N) is 2. The van der Waals surface area contributed by atoms with Gasteiger partial charge in [-0.2, -0.15) is 0 Å².